The van der Waals surface area contributed by atoms with E-state index in [1.165, 1.54) is 0 Å². The zero-order chi connectivity index (χ0) is 19.0. The van der Waals surface area contributed by atoms with E-state index in [-0.39, 0.29) is 6.23 Å². The Balaban J connectivity index is 1.82. The van der Waals surface area contributed by atoms with Crippen LogP contribution in [0.3, 0.4) is 0 Å². The van der Waals surface area contributed by atoms with Gasteiger partial charge in [0.1, 0.15) is 5.69 Å². The fourth-order valence-corrected chi connectivity index (χ4v) is 4.57. The summed E-state index contributed by atoms with van der Waals surface area (Å²) in [7, 11) is -2.72. The van der Waals surface area contributed by atoms with Crippen molar-refractivity contribution < 1.29 is 8.95 Å². The van der Waals surface area contributed by atoms with Crippen LogP contribution in [0.1, 0.15) is 32.4 Å². The Labute approximate surface area is 167 Å². The molecule has 2 unspecified atom stereocenters. The summed E-state index contributed by atoms with van der Waals surface area (Å²) in [6.45, 7) is 2.51. The summed E-state index contributed by atoms with van der Waals surface area (Å²) in [5.74, 6) is 0.305. The number of fused-ring (bicyclic) bond motifs is 1. The number of pyridine rings is 1. The van der Waals surface area contributed by atoms with E-state index >= 15 is 0 Å². The molecule has 0 bridgehead atoms. The van der Waals surface area contributed by atoms with Crippen molar-refractivity contribution in [1.29, 1.82) is 4.78 Å². The molecular weight excluding hydrogens is 428 g/mol. The molecule has 27 heavy (non-hydrogen) atoms. The summed E-state index contributed by atoms with van der Waals surface area (Å²) >= 11 is 3.50. The molecule has 1 aliphatic heterocycles. The number of halogens is 1. The summed E-state index contributed by atoms with van der Waals surface area (Å²) < 4.78 is 28.9. The molecule has 0 saturated carbocycles. The van der Waals surface area contributed by atoms with Gasteiger partial charge in [0.2, 0.25) is 0 Å². The maximum absolute atomic E-state index is 12.3. The van der Waals surface area contributed by atoms with Gasteiger partial charge in [-0.3, -0.25) is 0 Å². The van der Waals surface area contributed by atoms with E-state index in [1.807, 2.05) is 22.9 Å². The third-order valence-electron chi connectivity index (χ3n) is 4.86. The monoisotopic (exact) mass is 448 g/mol. The normalized spacial score (nSPS) is 19.9. The molecular formula is C19H21BrN4O2S. The van der Waals surface area contributed by atoms with Crippen LogP contribution in [-0.4, -0.2) is 31.3 Å². The second kappa shape index (κ2) is 7.33. The van der Waals surface area contributed by atoms with E-state index in [9.17, 15) is 4.21 Å². The predicted molar refractivity (Wildman–Crippen MR) is 109 cm³/mol. The van der Waals surface area contributed by atoms with E-state index in [4.69, 9.17) is 14.6 Å². The van der Waals surface area contributed by atoms with Gasteiger partial charge in [-0.2, -0.15) is 5.10 Å². The molecule has 1 N–H and O–H groups in total. The van der Waals surface area contributed by atoms with Crippen LogP contribution >= 0.6 is 15.9 Å². The van der Waals surface area contributed by atoms with Crippen LogP contribution in [0, 0.1) is 4.78 Å². The highest BCUT2D eigenvalue weighted by Crippen LogP contribution is 2.33. The van der Waals surface area contributed by atoms with E-state index in [1.54, 1.807) is 25.3 Å². The number of nitrogens with zero attached hydrogens (tertiary/aromatic N) is 3. The van der Waals surface area contributed by atoms with Crippen molar-refractivity contribution in [2.24, 2.45) is 0 Å². The second-order valence-electron chi connectivity index (χ2n) is 6.63. The molecule has 6 nitrogen and oxygen atoms in total. The number of rotatable bonds is 4. The maximum Gasteiger partial charge on any atom is 0.161 e. The maximum atomic E-state index is 12.3. The minimum absolute atomic E-state index is 0.102. The Morgan fingerprint density at radius 1 is 1.33 bits per heavy atom. The zero-order valence-corrected chi connectivity index (χ0v) is 17.4. The van der Waals surface area contributed by atoms with Crippen LogP contribution in [0.4, 0.5) is 0 Å². The van der Waals surface area contributed by atoms with Crippen LogP contribution in [0.2, 0.25) is 0 Å². The number of hydrogen-bond acceptors (Lipinski definition) is 5. The quantitative estimate of drug-likeness (QED) is 0.609. The van der Waals surface area contributed by atoms with E-state index in [2.05, 4.69) is 20.9 Å². The topological polar surface area (TPSA) is 80.9 Å². The van der Waals surface area contributed by atoms with Crippen LogP contribution in [-0.2, 0) is 14.5 Å². The second-order valence-corrected chi connectivity index (χ2v) is 9.94. The Bertz CT molecular complexity index is 1070. The summed E-state index contributed by atoms with van der Waals surface area (Å²) in [5.41, 5.74) is 2.51. The van der Waals surface area contributed by atoms with Gasteiger partial charge >= 0.3 is 0 Å². The average Bonchev–Trinajstić information content (AvgIpc) is 3.07. The average molecular weight is 449 g/mol. The van der Waals surface area contributed by atoms with Gasteiger partial charge in [-0.25, -0.2) is 18.7 Å². The van der Waals surface area contributed by atoms with Gasteiger partial charge in [-0.05, 0) is 53.4 Å². The van der Waals surface area contributed by atoms with Gasteiger partial charge in [0.05, 0.1) is 9.73 Å². The fraction of sp³-hybridized carbons (Fsp3) is 0.368. The van der Waals surface area contributed by atoms with Gasteiger partial charge in [0, 0.05) is 38.9 Å². The highest BCUT2D eigenvalue weighted by Gasteiger charge is 2.23. The van der Waals surface area contributed by atoms with Gasteiger partial charge in [0.25, 0.3) is 0 Å². The van der Waals surface area contributed by atoms with Gasteiger partial charge in [0.15, 0.2) is 11.9 Å². The molecule has 2 atom stereocenters. The van der Waals surface area contributed by atoms with Crippen LogP contribution in [0.15, 0.2) is 45.9 Å². The molecule has 142 valence electrons. The first-order valence-corrected chi connectivity index (χ1v) is 11.5. The van der Waals surface area contributed by atoms with Gasteiger partial charge in [-0.15, -0.1) is 0 Å². The van der Waals surface area contributed by atoms with E-state index < -0.39 is 9.73 Å². The van der Waals surface area contributed by atoms with Crippen molar-refractivity contribution in [2.75, 3.05) is 12.4 Å². The zero-order valence-electron chi connectivity index (χ0n) is 15.0. The lowest BCUT2D eigenvalue weighted by Crippen LogP contribution is -2.19. The molecule has 2 aromatic heterocycles. The third kappa shape index (κ3) is 3.53. The molecule has 3 heterocycles. The van der Waals surface area contributed by atoms with Crippen LogP contribution < -0.4 is 0 Å². The SMILES string of the molecule is CCS(=N)(=O)c1ccc(-c2nn(C3CCCCO3)c3ncc(Br)cc23)cc1. The summed E-state index contributed by atoms with van der Waals surface area (Å²) in [5, 5.41) is 5.76. The molecule has 1 fully saturated rings. The molecule has 1 aromatic carbocycles. The molecule has 0 aliphatic carbocycles. The molecule has 1 aliphatic rings. The lowest BCUT2D eigenvalue weighted by atomic mass is 10.1. The molecule has 0 amide bonds. The third-order valence-corrected chi connectivity index (χ3v) is 7.14. The Hall–Kier alpha value is -1.77. The van der Waals surface area contributed by atoms with E-state index in [0.29, 0.717) is 10.6 Å². The molecule has 0 radical (unpaired) electrons. The van der Waals surface area contributed by atoms with Crippen LogP contribution in [0.25, 0.3) is 22.3 Å². The highest BCUT2D eigenvalue weighted by molar-refractivity contribution is 9.10. The van der Waals surface area contributed by atoms with Gasteiger partial charge in [-0.1, -0.05) is 19.1 Å². The molecule has 8 heteroatoms. The Morgan fingerprint density at radius 2 is 2.11 bits per heavy atom. The van der Waals surface area contributed by atoms with Crippen LogP contribution in [0.5, 0.6) is 0 Å². The smallest absolute Gasteiger partial charge is 0.161 e. The minimum atomic E-state index is -2.72. The molecule has 1 saturated heterocycles. The number of hydrogen-bond donors (Lipinski definition) is 1. The van der Waals surface area contributed by atoms with Crippen molar-refractivity contribution >= 4 is 36.7 Å². The fourth-order valence-electron chi connectivity index (χ4n) is 3.33. The molecule has 0 spiro atoms. The molecule has 3 aromatic rings. The standard InChI is InChI=1S/C19H21BrN4O2S/c1-2-27(21,25)15-8-6-13(7-9-15)18-16-11-14(20)12-22-19(16)24(23-18)17-5-3-4-10-26-17/h6-9,11-12,17,21H,2-5,10H2,1H3. The predicted octanol–water partition coefficient (Wildman–Crippen LogP) is 4.99. The molecule has 4 rings (SSSR count). The van der Waals surface area contributed by atoms with Crippen molar-refractivity contribution in [3.8, 4) is 11.3 Å². The highest BCUT2D eigenvalue weighted by atomic mass is 79.9. The first-order chi connectivity index (χ1) is 13.0. The van der Waals surface area contributed by atoms with Crippen molar-refractivity contribution in [3.05, 3.63) is 41.0 Å². The summed E-state index contributed by atoms with van der Waals surface area (Å²) in [6, 6.07) is 9.31. The number of nitrogens with one attached hydrogen (secondary N) is 1. The summed E-state index contributed by atoms with van der Waals surface area (Å²) in [6.07, 6.45) is 4.78. The summed E-state index contributed by atoms with van der Waals surface area (Å²) in [4.78, 5) is 5.12. The number of aromatic nitrogens is 3. The number of ether oxygens (including phenoxy) is 1. The van der Waals surface area contributed by atoms with Crippen molar-refractivity contribution in [1.82, 2.24) is 14.8 Å². The van der Waals surface area contributed by atoms with Gasteiger partial charge < -0.3 is 4.74 Å². The number of benzene rings is 1. The largest absolute Gasteiger partial charge is 0.356 e. The first-order valence-electron chi connectivity index (χ1n) is 9.02. The first kappa shape index (κ1) is 18.6. The van der Waals surface area contributed by atoms with Crippen molar-refractivity contribution in [2.45, 2.75) is 37.3 Å². The van der Waals surface area contributed by atoms with Crippen molar-refractivity contribution in [3.63, 3.8) is 0 Å². The van der Waals surface area contributed by atoms with E-state index in [0.717, 1.165) is 52.6 Å². The Morgan fingerprint density at radius 3 is 2.78 bits per heavy atom. The Kier molecular flexibility index (Phi) is 5.05. The minimum Gasteiger partial charge on any atom is -0.356 e. The lowest BCUT2D eigenvalue weighted by Gasteiger charge is -2.23. The lowest BCUT2D eigenvalue weighted by molar-refractivity contribution is -0.0368.